The molecule has 0 heterocycles. The molecule has 0 aromatic heterocycles. The van der Waals surface area contributed by atoms with E-state index in [1.54, 1.807) is 31.4 Å². The molecule has 3 rings (SSSR count). The average molecular weight is 462 g/mol. The van der Waals surface area contributed by atoms with Crippen LogP contribution in [0.25, 0.3) is 0 Å². The van der Waals surface area contributed by atoms with E-state index in [2.05, 4.69) is 16.0 Å². The van der Waals surface area contributed by atoms with Crippen LogP contribution in [-0.4, -0.2) is 42.7 Å². The first-order valence-electron chi connectivity index (χ1n) is 11.2. The van der Waals surface area contributed by atoms with Gasteiger partial charge in [-0.25, -0.2) is 0 Å². The lowest BCUT2D eigenvalue weighted by molar-refractivity contribution is -0.114. The maximum Gasteiger partial charge on any atom is 0.251 e. The van der Waals surface area contributed by atoms with Gasteiger partial charge in [0.2, 0.25) is 5.91 Å². The maximum atomic E-state index is 12.6. The van der Waals surface area contributed by atoms with Crippen molar-refractivity contribution in [1.82, 2.24) is 10.6 Å². The number of hydrogen-bond donors (Lipinski definition) is 4. The maximum absolute atomic E-state index is 12.6. The van der Waals surface area contributed by atoms with Crippen molar-refractivity contribution in [3.8, 4) is 5.75 Å². The second kappa shape index (κ2) is 12.5. The Balaban J connectivity index is 1.64. The van der Waals surface area contributed by atoms with E-state index in [0.717, 1.165) is 16.9 Å². The zero-order valence-corrected chi connectivity index (χ0v) is 19.5. The molecule has 178 valence electrons. The molecule has 4 N–H and O–H groups in total. The van der Waals surface area contributed by atoms with Gasteiger partial charge in [-0.2, -0.15) is 0 Å². The molecular formula is C27H31N3O4. The van der Waals surface area contributed by atoms with Gasteiger partial charge in [-0.1, -0.05) is 48.5 Å². The first kappa shape index (κ1) is 25.0. The molecule has 0 spiro atoms. The molecule has 0 aliphatic rings. The van der Waals surface area contributed by atoms with Crippen molar-refractivity contribution in [2.45, 2.75) is 32.0 Å². The van der Waals surface area contributed by atoms with Gasteiger partial charge >= 0.3 is 0 Å². The van der Waals surface area contributed by atoms with Gasteiger partial charge in [-0.05, 0) is 47.9 Å². The summed E-state index contributed by atoms with van der Waals surface area (Å²) in [6.07, 6.45) is -0.229. The molecule has 3 aromatic rings. The van der Waals surface area contributed by atoms with Crippen molar-refractivity contribution in [3.63, 3.8) is 0 Å². The smallest absolute Gasteiger partial charge is 0.251 e. The summed E-state index contributed by atoms with van der Waals surface area (Å²) < 4.78 is 5.29. The number of nitrogens with one attached hydrogen (secondary N) is 3. The van der Waals surface area contributed by atoms with Crippen LogP contribution in [-0.2, 0) is 17.8 Å². The molecule has 0 saturated carbocycles. The lowest BCUT2D eigenvalue weighted by Gasteiger charge is -2.25. The Kier molecular flexibility index (Phi) is 9.20. The van der Waals surface area contributed by atoms with E-state index in [1.807, 2.05) is 54.6 Å². The molecule has 0 bridgehead atoms. The molecule has 3 aromatic carbocycles. The molecule has 7 heteroatoms. The van der Waals surface area contributed by atoms with Crippen molar-refractivity contribution >= 4 is 17.5 Å². The first-order valence-corrected chi connectivity index (χ1v) is 11.2. The monoisotopic (exact) mass is 461 g/mol. The average Bonchev–Trinajstić information content (AvgIpc) is 2.85. The largest absolute Gasteiger partial charge is 0.497 e. The summed E-state index contributed by atoms with van der Waals surface area (Å²) in [7, 11) is 1.63. The van der Waals surface area contributed by atoms with Crippen LogP contribution in [0.3, 0.4) is 0 Å². The Morgan fingerprint density at radius 1 is 0.941 bits per heavy atom. The molecule has 0 fully saturated rings. The molecule has 34 heavy (non-hydrogen) atoms. The number of rotatable bonds is 11. The van der Waals surface area contributed by atoms with Gasteiger partial charge in [0.05, 0.1) is 13.2 Å². The Bertz CT molecular complexity index is 1090. The fraction of sp³-hybridized carbons (Fsp3) is 0.259. The fourth-order valence-electron chi connectivity index (χ4n) is 3.63. The number of hydrogen-bond acceptors (Lipinski definition) is 5. The quantitative estimate of drug-likeness (QED) is 0.352. The number of aliphatic hydroxyl groups is 1. The highest BCUT2D eigenvalue weighted by Crippen LogP contribution is 2.14. The number of amides is 2. The van der Waals surface area contributed by atoms with Crippen LogP contribution < -0.4 is 20.7 Å². The number of benzene rings is 3. The van der Waals surface area contributed by atoms with Gasteiger partial charge in [-0.15, -0.1) is 0 Å². The van der Waals surface area contributed by atoms with Gasteiger partial charge in [0.15, 0.2) is 0 Å². The van der Waals surface area contributed by atoms with Gasteiger partial charge in [-0.3, -0.25) is 9.59 Å². The number of methoxy groups -OCH3 is 1. The molecule has 7 nitrogen and oxygen atoms in total. The number of ether oxygens (including phenoxy) is 1. The second-order valence-corrected chi connectivity index (χ2v) is 8.07. The van der Waals surface area contributed by atoms with Crippen LogP contribution in [0.2, 0.25) is 0 Å². The van der Waals surface area contributed by atoms with Crippen LogP contribution in [0.15, 0.2) is 78.9 Å². The highest BCUT2D eigenvalue weighted by Gasteiger charge is 2.20. The van der Waals surface area contributed by atoms with Gasteiger partial charge in [0.1, 0.15) is 5.75 Å². The number of carbonyl (C=O) groups is 2. The zero-order chi connectivity index (χ0) is 24.3. The highest BCUT2D eigenvalue weighted by atomic mass is 16.5. The molecule has 0 saturated heterocycles. The van der Waals surface area contributed by atoms with E-state index in [-0.39, 0.29) is 24.4 Å². The summed E-state index contributed by atoms with van der Waals surface area (Å²) in [5.74, 6) is 0.240. The predicted molar refractivity (Wildman–Crippen MR) is 133 cm³/mol. The minimum Gasteiger partial charge on any atom is -0.497 e. The third-order valence-electron chi connectivity index (χ3n) is 5.38. The number of carbonyl (C=O) groups excluding carboxylic acids is 2. The lowest BCUT2D eigenvalue weighted by atomic mass is 10.0. The standard InChI is InChI=1S/C27H31N3O4/c1-19(31)30-23-12-7-11-22(16-23)27(33)29-18-26(32)25(15-20-8-4-3-5-9-20)28-17-21-10-6-13-24(14-21)34-2/h3-14,16,25-26,28,32H,15,17-18H2,1-2H3,(H,29,33)(H,30,31)/t25?,26-/m1/s1. The van der Waals surface area contributed by atoms with Crippen LogP contribution in [0, 0.1) is 0 Å². The third-order valence-corrected chi connectivity index (χ3v) is 5.38. The van der Waals surface area contributed by atoms with Crippen molar-refractivity contribution in [2.75, 3.05) is 19.0 Å². The minimum atomic E-state index is -0.826. The van der Waals surface area contributed by atoms with Gasteiger partial charge < -0.3 is 25.8 Å². The van der Waals surface area contributed by atoms with Crippen LogP contribution >= 0.6 is 0 Å². The SMILES string of the molecule is COc1cccc(CNC(Cc2ccccc2)[C@H](O)CNC(=O)c2cccc(NC(C)=O)c2)c1. The Morgan fingerprint density at radius 2 is 1.68 bits per heavy atom. The molecule has 1 unspecified atom stereocenters. The van der Waals surface area contributed by atoms with Gasteiger partial charge in [0, 0.05) is 37.3 Å². The Labute approximate surface area is 200 Å². The molecule has 2 atom stereocenters. The first-order chi connectivity index (χ1) is 16.4. The molecule has 0 aliphatic heterocycles. The summed E-state index contributed by atoms with van der Waals surface area (Å²) in [6.45, 7) is 2.03. The van der Waals surface area contributed by atoms with Crippen molar-refractivity contribution in [2.24, 2.45) is 0 Å². The van der Waals surface area contributed by atoms with Crippen molar-refractivity contribution in [1.29, 1.82) is 0 Å². The number of aliphatic hydroxyl groups excluding tert-OH is 1. The predicted octanol–water partition coefficient (Wildman–Crippen LogP) is 3.15. The molecule has 0 radical (unpaired) electrons. The third kappa shape index (κ3) is 7.72. The summed E-state index contributed by atoms with van der Waals surface area (Å²) >= 11 is 0. The Hall–Kier alpha value is -3.68. The zero-order valence-electron chi connectivity index (χ0n) is 19.5. The summed E-state index contributed by atoms with van der Waals surface area (Å²) in [5.41, 5.74) is 3.06. The van der Waals surface area contributed by atoms with Crippen LogP contribution in [0.5, 0.6) is 5.75 Å². The van der Waals surface area contributed by atoms with Gasteiger partial charge in [0.25, 0.3) is 5.91 Å². The highest BCUT2D eigenvalue weighted by molar-refractivity contribution is 5.96. The Morgan fingerprint density at radius 3 is 2.41 bits per heavy atom. The van der Waals surface area contributed by atoms with E-state index in [4.69, 9.17) is 4.74 Å². The van der Waals surface area contributed by atoms with E-state index in [9.17, 15) is 14.7 Å². The number of anilines is 1. The van der Waals surface area contributed by atoms with Crippen molar-refractivity contribution in [3.05, 3.63) is 95.6 Å². The topological polar surface area (TPSA) is 99.7 Å². The minimum absolute atomic E-state index is 0.0752. The van der Waals surface area contributed by atoms with Crippen molar-refractivity contribution < 1.29 is 19.4 Å². The van der Waals surface area contributed by atoms with E-state index in [0.29, 0.717) is 24.2 Å². The second-order valence-electron chi connectivity index (χ2n) is 8.07. The lowest BCUT2D eigenvalue weighted by Crippen LogP contribution is -2.47. The molecular weight excluding hydrogens is 430 g/mol. The van der Waals surface area contributed by atoms with Crippen LogP contribution in [0.4, 0.5) is 5.69 Å². The van der Waals surface area contributed by atoms with Crippen LogP contribution in [0.1, 0.15) is 28.4 Å². The molecule has 0 aliphatic carbocycles. The van der Waals surface area contributed by atoms with E-state index >= 15 is 0 Å². The van der Waals surface area contributed by atoms with E-state index < -0.39 is 6.10 Å². The normalized spacial score (nSPS) is 12.4. The fourth-order valence-corrected chi connectivity index (χ4v) is 3.63. The molecule has 2 amide bonds. The summed E-state index contributed by atoms with van der Waals surface area (Å²) in [6, 6.07) is 24.0. The summed E-state index contributed by atoms with van der Waals surface area (Å²) in [4.78, 5) is 23.9. The van der Waals surface area contributed by atoms with E-state index in [1.165, 1.54) is 6.92 Å². The summed E-state index contributed by atoms with van der Waals surface area (Å²) in [5, 5.41) is 19.8.